The van der Waals surface area contributed by atoms with Gasteiger partial charge in [-0.05, 0) is 31.9 Å². The average Bonchev–Trinajstić information content (AvgIpc) is 2.46. The Morgan fingerprint density at radius 2 is 2.05 bits per heavy atom. The molecule has 1 aromatic carbocycles. The molecule has 0 bridgehead atoms. The Morgan fingerprint density at radius 1 is 1.29 bits per heavy atom. The van der Waals surface area contributed by atoms with E-state index >= 15 is 0 Å². The molecule has 0 saturated carbocycles. The van der Waals surface area contributed by atoms with Crippen LogP contribution >= 0.6 is 0 Å². The van der Waals surface area contributed by atoms with Gasteiger partial charge in [0.1, 0.15) is 11.9 Å². The molecule has 0 radical (unpaired) electrons. The summed E-state index contributed by atoms with van der Waals surface area (Å²) in [5.74, 6) is 0.827. The molecule has 2 rings (SSSR count). The molecule has 0 aromatic heterocycles. The number of β-amino-alcohol motifs (C(OH)–C–C–N with tert-alkyl or cyclic N) is 1. The number of aryl methyl sites for hydroxylation is 1. The quantitative estimate of drug-likeness (QED) is 0.928. The minimum atomic E-state index is -0.705. The number of aliphatic hydroxyl groups is 1. The first-order valence-corrected chi connectivity index (χ1v) is 7.72. The zero-order valence-corrected chi connectivity index (χ0v) is 13.0. The monoisotopic (exact) mass is 291 g/mol. The maximum Gasteiger partial charge on any atom is 0.222 e. The van der Waals surface area contributed by atoms with E-state index in [1.54, 1.807) is 12.0 Å². The van der Waals surface area contributed by atoms with Crippen LogP contribution in [-0.4, -0.2) is 36.1 Å². The summed E-state index contributed by atoms with van der Waals surface area (Å²) >= 11 is 0. The van der Waals surface area contributed by atoms with E-state index in [-0.39, 0.29) is 5.91 Å². The molecule has 0 spiro atoms. The summed E-state index contributed by atoms with van der Waals surface area (Å²) < 4.78 is 5.32. The molecule has 0 aliphatic carbocycles. The summed E-state index contributed by atoms with van der Waals surface area (Å²) in [5.41, 5.74) is 1.83. The summed E-state index contributed by atoms with van der Waals surface area (Å²) in [6, 6.07) is 5.75. The fourth-order valence-electron chi connectivity index (χ4n) is 2.83. The van der Waals surface area contributed by atoms with Crippen molar-refractivity contribution in [2.24, 2.45) is 0 Å². The number of methoxy groups -OCH3 is 1. The summed E-state index contributed by atoms with van der Waals surface area (Å²) in [7, 11) is 1.60. The van der Waals surface area contributed by atoms with Crippen molar-refractivity contribution >= 4 is 5.91 Å². The zero-order valence-electron chi connectivity index (χ0n) is 13.0. The smallest absolute Gasteiger partial charge is 0.222 e. The van der Waals surface area contributed by atoms with Crippen LogP contribution < -0.4 is 4.74 Å². The van der Waals surface area contributed by atoms with Crippen LogP contribution in [0.3, 0.4) is 0 Å². The van der Waals surface area contributed by atoms with E-state index in [2.05, 4.69) is 0 Å². The summed E-state index contributed by atoms with van der Waals surface area (Å²) in [4.78, 5) is 13.9. The van der Waals surface area contributed by atoms with Gasteiger partial charge in [-0.25, -0.2) is 0 Å². The van der Waals surface area contributed by atoms with Crippen LogP contribution in [0.1, 0.15) is 49.3 Å². The largest absolute Gasteiger partial charge is 0.496 e. The fourth-order valence-corrected chi connectivity index (χ4v) is 2.83. The van der Waals surface area contributed by atoms with E-state index in [1.807, 2.05) is 25.1 Å². The van der Waals surface area contributed by atoms with Crippen molar-refractivity contribution in [1.82, 2.24) is 4.90 Å². The van der Waals surface area contributed by atoms with Gasteiger partial charge in [0.2, 0.25) is 5.91 Å². The zero-order chi connectivity index (χ0) is 15.2. The number of amides is 1. The summed E-state index contributed by atoms with van der Waals surface area (Å²) in [6.45, 7) is 3.07. The molecule has 1 N–H and O–H groups in total. The molecule has 4 heteroatoms. The number of carbonyl (C=O) groups is 1. The average molecular weight is 291 g/mol. The first-order chi connectivity index (χ1) is 10.1. The third-order valence-corrected chi connectivity index (χ3v) is 4.06. The van der Waals surface area contributed by atoms with Gasteiger partial charge in [0.15, 0.2) is 0 Å². The Hall–Kier alpha value is -1.55. The lowest BCUT2D eigenvalue weighted by Crippen LogP contribution is -2.36. The number of rotatable bonds is 4. The molecule has 1 atom stereocenters. The molecule has 1 heterocycles. The van der Waals surface area contributed by atoms with Crippen molar-refractivity contribution in [2.75, 3.05) is 20.2 Å². The SMILES string of the molecule is COc1ccc(C)cc1C(O)CN1CCCCCCC1=O. The van der Waals surface area contributed by atoms with Crippen LogP contribution in [-0.2, 0) is 4.79 Å². The van der Waals surface area contributed by atoms with Gasteiger partial charge in [0.05, 0.1) is 13.7 Å². The second-order valence-electron chi connectivity index (χ2n) is 5.77. The molecule has 1 amide bonds. The standard InChI is InChI=1S/C17H25NO3/c1-13-8-9-16(21-2)14(11-13)15(19)12-18-10-6-4-3-5-7-17(18)20/h8-9,11,15,19H,3-7,10,12H2,1-2H3. The highest BCUT2D eigenvalue weighted by atomic mass is 16.5. The van der Waals surface area contributed by atoms with Gasteiger partial charge in [-0.3, -0.25) is 4.79 Å². The lowest BCUT2D eigenvalue weighted by atomic mass is 10.0. The van der Waals surface area contributed by atoms with Crippen LogP contribution in [0, 0.1) is 6.92 Å². The van der Waals surface area contributed by atoms with Crippen molar-refractivity contribution in [1.29, 1.82) is 0 Å². The Kier molecular flexibility index (Phi) is 5.62. The van der Waals surface area contributed by atoms with Crippen LogP contribution in [0.25, 0.3) is 0 Å². The van der Waals surface area contributed by atoms with Crippen molar-refractivity contribution in [2.45, 2.75) is 45.1 Å². The first-order valence-electron chi connectivity index (χ1n) is 7.72. The van der Waals surface area contributed by atoms with Crippen LogP contribution in [0.4, 0.5) is 0 Å². The number of hydrogen-bond donors (Lipinski definition) is 1. The van der Waals surface area contributed by atoms with Crippen LogP contribution in [0.2, 0.25) is 0 Å². The number of hydrogen-bond acceptors (Lipinski definition) is 3. The molecule has 1 aliphatic heterocycles. The molecule has 1 aliphatic rings. The van der Waals surface area contributed by atoms with E-state index in [1.165, 1.54) is 0 Å². The minimum Gasteiger partial charge on any atom is -0.496 e. The molecule has 1 fully saturated rings. The Balaban J connectivity index is 2.10. The molecule has 1 aromatic rings. The topological polar surface area (TPSA) is 49.8 Å². The van der Waals surface area contributed by atoms with Gasteiger partial charge in [0, 0.05) is 18.5 Å². The van der Waals surface area contributed by atoms with Crippen molar-refractivity contribution in [3.05, 3.63) is 29.3 Å². The Labute approximate surface area is 126 Å². The van der Waals surface area contributed by atoms with Crippen LogP contribution in [0.5, 0.6) is 5.75 Å². The van der Waals surface area contributed by atoms with Crippen LogP contribution in [0.15, 0.2) is 18.2 Å². The van der Waals surface area contributed by atoms with Gasteiger partial charge in [-0.2, -0.15) is 0 Å². The van der Waals surface area contributed by atoms with Gasteiger partial charge < -0.3 is 14.7 Å². The lowest BCUT2D eigenvalue weighted by molar-refractivity contribution is -0.133. The highest BCUT2D eigenvalue weighted by Gasteiger charge is 2.21. The number of nitrogens with zero attached hydrogens (tertiary/aromatic N) is 1. The maximum absolute atomic E-state index is 12.1. The fraction of sp³-hybridized carbons (Fsp3) is 0.588. The summed E-state index contributed by atoms with van der Waals surface area (Å²) in [5, 5.41) is 10.5. The normalized spacial score (nSPS) is 18.0. The van der Waals surface area contributed by atoms with E-state index < -0.39 is 6.10 Å². The van der Waals surface area contributed by atoms with Gasteiger partial charge >= 0.3 is 0 Å². The number of benzene rings is 1. The first kappa shape index (κ1) is 15.8. The van der Waals surface area contributed by atoms with E-state index in [4.69, 9.17) is 4.74 Å². The molecule has 4 nitrogen and oxygen atoms in total. The number of carbonyl (C=O) groups excluding carboxylic acids is 1. The highest BCUT2D eigenvalue weighted by Crippen LogP contribution is 2.27. The molecule has 116 valence electrons. The van der Waals surface area contributed by atoms with Crippen molar-refractivity contribution < 1.29 is 14.6 Å². The van der Waals surface area contributed by atoms with Gasteiger partial charge in [0.25, 0.3) is 0 Å². The predicted octanol–water partition coefficient (Wildman–Crippen LogP) is 2.83. The third-order valence-electron chi connectivity index (χ3n) is 4.06. The van der Waals surface area contributed by atoms with Crippen molar-refractivity contribution in [3.8, 4) is 5.75 Å². The van der Waals surface area contributed by atoms with Crippen molar-refractivity contribution in [3.63, 3.8) is 0 Å². The molecular formula is C17H25NO3. The Bertz CT molecular complexity index is 487. The van der Waals surface area contributed by atoms with Gasteiger partial charge in [-0.15, -0.1) is 0 Å². The predicted molar refractivity (Wildman–Crippen MR) is 82.4 cm³/mol. The third kappa shape index (κ3) is 4.21. The number of aliphatic hydroxyl groups excluding tert-OH is 1. The number of ether oxygens (including phenoxy) is 1. The van der Waals surface area contributed by atoms with E-state index in [0.29, 0.717) is 18.7 Å². The minimum absolute atomic E-state index is 0.153. The van der Waals surface area contributed by atoms with E-state index in [9.17, 15) is 9.90 Å². The van der Waals surface area contributed by atoms with Gasteiger partial charge in [-0.1, -0.05) is 24.5 Å². The maximum atomic E-state index is 12.1. The summed E-state index contributed by atoms with van der Waals surface area (Å²) in [6.07, 6.45) is 4.16. The second-order valence-corrected chi connectivity index (χ2v) is 5.77. The lowest BCUT2D eigenvalue weighted by Gasteiger charge is -2.28. The molecule has 1 saturated heterocycles. The van der Waals surface area contributed by atoms with E-state index in [0.717, 1.165) is 43.4 Å². The molecule has 1 unspecified atom stereocenters. The Morgan fingerprint density at radius 3 is 2.81 bits per heavy atom. The second kappa shape index (κ2) is 7.46. The molecular weight excluding hydrogens is 266 g/mol. The highest BCUT2D eigenvalue weighted by molar-refractivity contribution is 5.76. The molecule has 21 heavy (non-hydrogen) atoms. The number of likely N-dealkylation sites (tertiary alicyclic amines) is 1.